The molecule has 0 bridgehead atoms. The molecule has 0 aliphatic carbocycles. The van der Waals surface area contributed by atoms with Crippen LogP contribution in [0.1, 0.15) is 39.7 Å². The van der Waals surface area contributed by atoms with Crippen LogP contribution in [-0.2, 0) is 0 Å². The number of hydrogen-bond acceptors (Lipinski definition) is 4. The molecule has 3 aromatic rings. The van der Waals surface area contributed by atoms with Crippen LogP contribution in [0, 0.1) is 0 Å². The highest BCUT2D eigenvalue weighted by molar-refractivity contribution is 6.09. The first-order valence-electron chi connectivity index (χ1n) is 12.0. The maximum absolute atomic E-state index is 5.98. The van der Waals surface area contributed by atoms with Crippen molar-refractivity contribution in [3.63, 3.8) is 0 Å². The Kier molecular flexibility index (Phi) is 11.6. The minimum absolute atomic E-state index is 0. The number of aliphatic imine (C=N–C) groups is 1. The fourth-order valence-electron chi connectivity index (χ4n) is 3.87. The lowest BCUT2D eigenvalue weighted by atomic mass is 10.2. The van der Waals surface area contributed by atoms with E-state index >= 15 is 0 Å². The van der Waals surface area contributed by atoms with E-state index in [1.165, 1.54) is 0 Å². The average molecular weight is 496 g/mol. The van der Waals surface area contributed by atoms with Gasteiger partial charge in [-0.05, 0) is 82.6 Å². The molecule has 0 aliphatic heterocycles. The predicted molar refractivity (Wildman–Crippen MR) is 150 cm³/mol. The first-order chi connectivity index (χ1) is 16.5. The highest BCUT2D eigenvalue weighted by Gasteiger charge is 2.12. The maximum Gasteiger partial charge on any atom is 0.138 e. The van der Waals surface area contributed by atoms with Crippen LogP contribution < -0.4 is 14.8 Å². The second kappa shape index (κ2) is 14.4. The van der Waals surface area contributed by atoms with Crippen molar-refractivity contribution in [1.29, 1.82) is 0 Å². The third kappa shape index (κ3) is 8.93. The van der Waals surface area contributed by atoms with Crippen molar-refractivity contribution in [2.45, 2.75) is 46.2 Å². The van der Waals surface area contributed by atoms with Crippen LogP contribution in [0.15, 0.2) is 83.9 Å². The van der Waals surface area contributed by atoms with Gasteiger partial charge in [-0.25, -0.2) is 4.99 Å². The lowest BCUT2D eigenvalue weighted by Crippen LogP contribution is -2.38. The topological polar surface area (TPSA) is 46.1 Å². The number of benzene rings is 3. The van der Waals surface area contributed by atoms with E-state index in [1.807, 2.05) is 78.9 Å². The zero-order valence-corrected chi connectivity index (χ0v) is 22.2. The van der Waals surface area contributed by atoms with Crippen LogP contribution >= 0.6 is 12.4 Å². The van der Waals surface area contributed by atoms with Crippen LogP contribution in [0.25, 0.3) is 0 Å². The fraction of sp³-hybridized carbons (Fsp3) is 0.345. The number of nitrogens with zero attached hydrogens (tertiary/aromatic N) is 2. The average Bonchev–Trinajstić information content (AvgIpc) is 2.85. The molecule has 3 rings (SSSR count). The maximum atomic E-state index is 5.98. The van der Waals surface area contributed by atoms with Gasteiger partial charge in [0.25, 0.3) is 0 Å². The molecular formula is C29H38ClN3O2. The van der Waals surface area contributed by atoms with Gasteiger partial charge in [0, 0.05) is 29.9 Å². The number of hydrogen-bond donors (Lipinski definition) is 1. The van der Waals surface area contributed by atoms with E-state index in [0.29, 0.717) is 18.7 Å². The van der Waals surface area contributed by atoms with E-state index in [2.05, 4.69) is 37.9 Å². The Morgan fingerprint density at radius 1 is 0.829 bits per heavy atom. The third-order valence-corrected chi connectivity index (χ3v) is 5.63. The van der Waals surface area contributed by atoms with Crippen molar-refractivity contribution >= 4 is 29.6 Å². The third-order valence-electron chi connectivity index (χ3n) is 5.63. The molecule has 0 aromatic heterocycles. The summed E-state index contributed by atoms with van der Waals surface area (Å²) in [5.74, 6) is 2.46. The molecule has 0 heterocycles. The summed E-state index contributed by atoms with van der Waals surface area (Å²) in [6.45, 7) is 10.7. The number of methoxy groups -OCH3 is 1. The standard InChI is InChI=1S/C29H37N3O2.ClH/c1-22(2)32(23(3)4)20-9-21-34-28-18-14-26(15-19-28)31-29(24-10-7-6-8-11-24)30-25-12-16-27(33-5)17-13-25;/h6-8,10-19,22-23H,9,20-21H2,1-5H3,(H,30,31);1H. The van der Waals surface area contributed by atoms with Crippen LogP contribution in [0.2, 0.25) is 0 Å². The molecule has 0 atom stereocenters. The van der Waals surface area contributed by atoms with Gasteiger partial charge >= 0.3 is 0 Å². The van der Waals surface area contributed by atoms with E-state index in [-0.39, 0.29) is 12.4 Å². The quantitative estimate of drug-likeness (QED) is 0.173. The van der Waals surface area contributed by atoms with Gasteiger partial charge in [-0.1, -0.05) is 30.3 Å². The summed E-state index contributed by atoms with van der Waals surface area (Å²) in [4.78, 5) is 7.37. The van der Waals surface area contributed by atoms with Crippen molar-refractivity contribution in [2.75, 3.05) is 25.6 Å². The molecular weight excluding hydrogens is 458 g/mol. The lowest BCUT2D eigenvalue weighted by Gasteiger charge is -2.30. The van der Waals surface area contributed by atoms with Crippen molar-refractivity contribution in [1.82, 2.24) is 4.90 Å². The molecule has 0 unspecified atom stereocenters. The molecule has 0 fully saturated rings. The molecule has 5 nitrogen and oxygen atoms in total. The number of amidine groups is 1. The van der Waals surface area contributed by atoms with Gasteiger partial charge < -0.3 is 14.8 Å². The molecule has 35 heavy (non-hydrogen) atoms. The van der Waals surface area contributed by atoms with E-state index < -0.39 is 0 Å². The van der Waals surface area contributed by atoms with E-state index in [1.54, 1.807) is 7.11 Å². The molecule has 0 aliphatic rings. The number of rotatable bonds is 11. The highest BCUT2D eigenvalue weighted by atomic mass is 35.5. The van der Waals surface area contributed by atoms with E-state index in [0.717, 1.165) is 47.2 Å². The Morgan fingerprint density at radius 2 is 1.43 bits per heavy atom. The Labute approximate surface area is 216 Å². The van der Waals surface area contributed by atoms with Gasteiger partial charge in [0.1, 0.15) is 17.3 Å². The largest absolute Gasteiger partial charge is 0.497 e. The first kappa shape index (κ1) is 28.2. The normalized spacial score (nSPS) is 11.5. The van der Waals surface area contributed by atoms with Crippen molar-refractivity contribution in [3.05, 3.63) is 84.4 Å². The molecule has 0 amide bonds. The Hall–Kier alpha value is -3.02. The van der Waals surface area contributed by atoms with Crippen molar-refractivity contribution < 1.29 is 9.47 Å². The summed E-state index contributed by atoms with van der Waals surface area (Å²) in [6.07, 6.45) is 1.00. The number of ether oxygens (including phenoxy) is 2. The van der Waals surface area contributed by atoms with Gasteiger partial charge in [0.05, 0.1) is 19.4 Å². The summed E-state index contributed by atoms with van der Waals surface area (Å²) in [5.41, 5.74) is 2.82. The molecule has 0 spiro atoms. The summed E-state index contributed by atoms with van der Waals surface area (Å²) >= 11 is 0. The zero-order chi connectivity index (χ0) is 24.3. The lowest BCUT2D eigenvalue weighted by molar-refractivity contribution is 0.160. The molecule has 3 aromatic carbocycles. The van der Waals surface area contributed by atoms with Crippen LogP contribution in [0.3, 0.4) is 0 Å². The van der Waals surface area contributed by atoms with Crippen LogP contribution in [-0.4, -0.2) is 43.1 Å². The van der Waals surface area contributed by atoms with Gasteiger partial charge in [0.15, 0.2) is 0 Å². The minimum Gasteiger partial charge on any atom is -0.497 e. The monoisotopic (exact) mass is 495 g/mol. The molecule has 0 saturated carbocycles. The summed E-state index contributed by atoms with van der Waals surface area (Å²) in [5, 5.41) is 3.44. The van der Waals surface area contributed by atoms with E-state index in [9.17, 15) is 0 Å². The molecule has 1 N–H and O–H groups in total. The van der Waals surface area contributed by atoms with Crippen LogP contribution in [0.4, 0.5) is 11.4 Å². The minimum atomic E-state index is 0. The summed E-state index contributed by atoms with van der Waals surface area (Å²) < 4.78 is 11.2. The summed E-state index contributed by atoms with van der Waals surface area (Å²) in [7, 11) is 1.67. The summed E-state index contributed by atoms with van der Waals surface area (Å²) in [6, 6.07) is 27.0. The second-order valence-electron chi connectivity index (χ2n) is 8.80. The number of nitrogens with one attached hydrogen (secondary N) is 1. The smallest absolute Gasteiger partial charge is 0.138 e. The Balaban J connectivity index is 0.00000432. The predicted octanol–water partition coefficient (Wildman–Crippen LogP) is 7.20. The molecule has 0 radical (unpaired) electrons. The van der Waals surface area contributed by atoms with Crippen molar-refractivity contribution in [2.24, 2.45) is 4.99 Å². The van der Waals surface area contributed by atoms with Gasteiger partial charge in [0.2, 0.25) is 0 Å². The second-order valence-corrected chi connectivity index (χ2v) is 8.80. The number of anilines is 1. The number of halogens is 1. The Bertz CT molecular complexity index is 1010. The first-order valence-corrected chi connectivity index (χ1v) is 12.0. The van der Waals surface area contributed by atoms with Gasteiger partial charge in [-0.3, -0.25) is 4.90 Å². The van der Waals surface area contributed by atoms with Crippen molar-refractivity contribution in [3.8, 4) is 11.5 Å². The SMILES string of the molecule is COc1ccc(NC(=Nc2ccc(OCCCN(C(C)C)C(C)C)cc2)c2ccccc2)cc1.Cl. The fourth-order valence-corrected chi connectivity index (χ4v) is 3.87. The zero-order valence-electron chi connectivity index (χ0n) is 21.4. The van der Waals surface area contributed by atoms with Gasteiger partial charge in [-0.2, -0.15) is 0 Å². The van der Waals surface area contributed by atoms with Crippen LogP contribution in [0.5, 0.6) is 11.5 Å². The molecule has 0 saturated heterocycles. The highest BCUT2D eigenvalue weighted by Crippen LogP contribution is 2.21. The van der Waals surface area contributed by atoms with E-state index in [4.69, 9.17) is 14.5 Å². The van der Waals surface area contributed by atoms with Gasteiger partial charge in [-0.15, -0.1) is 12.4 Å². The molecule has 188 valence electrons. The Morgan fingerprint density at radius 3 is 2.00 bits per heavy atom. The molecule has 6 heteroatoms.